The number of hydrogen-bond donors (Lipinski definition) is 2. The van der Waals surface area contributed by atoms with E-state index in [1.807, 2.05) is 0 Å². The summed E-state index contributed by atoms with van der Waals surface area (Å²) in [6.45, 7) is 1.51. The molecular formula is C13H14ClN3O2. The van der Waals surface area contributed by atoms with E-state index in [4.69, 9.17) is 11.6 Å². The monoisotopic (exact) mass is 279 g/mol. The maximum absolute atomic E-state index is 12.4. The van der Waals surface area contributed by atoms with Gasteiger partial charge in [0.05, 0.1) is 10.9 Å². The van der Waals surface area contributed by atoms with Crippen LogP contribution >= 0.6 is 11.6 Å². The van der Waals surface area contributed by atoms with Crippen LogP contribution in [-0.2, 0) is 6.54 Å². The molecular weight excluding hydrogens is 266 g/mol. The molecule has 1 saturated heterocycles. The van der Waals surface area contributed by atoms with Crippen molar-refractivity contribution >= 4 is 22.5 Å². The topological polar surface area (TPSA) is 67.1 Å². The van der Waals surface area contributed by atoms with Crippen molar-refractivity contribution in [3.05, 3.63) is 33.8 Å². The zero-order valence-electron chi connectivity index (χ0n) is 10.3. The van der Waals surface area contributed by atoms with E-state index in [1.54, 1.807) is 6.07 Å². The van der Waals surface area contributed by atoms with Crippen molar-refractivity contribution in [2.75, 3.05) is 6.54 Å². The van der Waals surface area contributed by atoms with Gasteiger partial charge in [0.25, 0.3) is 5.56 Å². The predicted octanol–water partition coefficient (Wildman–Crippen LogP) is 1.51. The third-order valence-corrected chi connectivity index (χ3v) is 3.75. The Morgan fingerprint density at radius 3 is 3.11 bits per heavy atom. The standard InChI is InChI=1S/C13H14ClN3O2/c14-13-16-11-6-9(18)3-4-10(11)12(19)17(13)7-8-2-1-5-15-8/h3-4,6,8,15,18H,1-2,5,7H2. The van der Waals surface area contributed by atoms with Gasteiger partial charge in [-0.2, -0.15) is 0 Å². The Labute approximate surface area is 114 Å². The Kier molecular flexibility index (Phi) is 3.16. The molecule has 1 fully saturated rings. The first kappa shape index (κ1) is 12.4. The highest BCUT2D eigenvalue weighted by Gasteiger charge is 2.18. The minimum Gasteiger partial charge on any atom is -0.508 e. The van der Waals surface area contributed by atoms with E-state index in [0.29, 0.717) is 17.4 Å². The van der Waals surface area contributed by atoms with Crippen LogP contribution in [0.1, 0.15) is 12.8 Å². The van der Waals surface area contributed by atoms with E-state index in [2.05, 4.69) is 10.3 Å². The molecule has 19 heavy (non-hydrogen) atoms. The summed E-state index contributed by atoms with van der Waals surface area (Å²) < 4.78 is 1.49. The van der Waals surface area contributed by atoms with E-state index in [0.717, 1.165) is 19.4 Å². The average Bonchev–Trinajstić information content (AvgIpc) is 2.87. The predicted molar refractivity (Wildman–Crippen MR) is 73.7 cm³/mol. The summed E-state index contributed by atoms with van der Waals surface area (Å²) in [5.74, 6) is 0.0747. The number of benzene rings is 1. The highest BCUT2D eigenvalue weighted by Crippen LogP contribution is 2.18. The van der Waals surface area contributed by atoms with Gasteiger partial charge in [-0.25, -0.2) is 4.98 Å². The van der Waals surface area contributed by atoms with Crippen molar-refractivity contribution in [3.63, 3.8) is 0 Å². The normalized spacial score (nSPS) is 19.1. The Balaban J connectivity index is 2.09. The van der Waals surface area contributed by atoms with Crippen molar-refractivity contribution in [1.82, 2.24) is 14.9 Å². The summed E-state index contributed by atoms with van der Waals surface area (Å²) in [6.07, 6.45) is 2.16. The molecule has 2 N–H and O–H groups in total. The van der Waals surface area contributed by atoms with Gasteiger partial charge in [0.2, 0.25) is 5.28 Å². The second-order valence-corrected chi connectivity index (χ2v) is 5.13. The summed E-state index contributed by atoms with van der Waals surface area (Å²) in [5, 5.41) is 13.4. The lowest BCUT2D eigenvalue weighted by molar-refractivity contribution is 0.475. The first-order valence-corrected chi connectivity index (χ1v) is 6.65. The third-order valence-electron chi connectivity index (χ3n) is 3.46. The Hall–Kier alpha value is -1.59. The fourth-order valence-corrected chi connectivity index (χ4v) is 2.71. The maximum Gasteiger partial charge on any atom is 0.262 e. The number of aromatic hydroxyl groups is 1. The molecule has 0 aliphatic carbocycles. The molecule has 1 aromatic carbocycles. The maximum atomic E-state index is 12.4. The Bertz CT molecular complexity index is 677. The molecule has 0 spiro atoms. The molecule has 1 aliphatic rings. The summed E-state index contributed by atoms with van der Waals surface area (Å²) in [5.41, 5.74) is 0.259. The highest BCUT2D eigenvalue weighted by molar-refractivity contribution is 6.28. The van der Waals surface area contributed by atoms with Crippen molar-refractivity contribution in [2.24, 2.45) is 0 Å². The smallest absolute Gasteiger partial charge is 0.262 e. The van der Waals surface area contributed by atoms with Crippen molar-refractivity contribution < 1.29 is 5.11 Å². The second-order valence-electron chi connectivity index (χ2n) is 4.79. The third kappa shape index (κ3) is 2.31. The number of nitrogens with one attached hydrogen (secondary N) is 1. The molecule has 1 unspecified atom stereocenters. The number of rotatable bonds is 2. The molecule has 2 aromatic rings. The zero-order chi connectivity index (χ0) is 13.4. The number of phenolic OH excluding ortho intramolecular Hbond substituents is 1. The van der Waals surface area contributed by atoms with Gasteiger partial charge in [0.1, 0.15) is 5.75 Å². The summed E-state index contributed by atoms with van der Waals surface area (Å²) in [6, 6.07) is 4.78. The molecule has 0 radical (unpaired) electrons. The molecule has 1 atom stereocenters. The van der Waals surface area contributed by atoms with E-state index in [9.17, 15) is 9.90 Å². The van der Waals surface area contributed by atoms with E-state index < -0.39 is 0 Å². The first-order chi connectivity index (χ1) is 9.15. The van der Waals surface area contributed by atoms with Crippen molar-refractivity contribution in [3.8, 4) is 5.75 Å². The van der Waals surface area contributed by atoms with Crippen LogP contribution in [0.3, 0.4) is 0 Å². The second kappa shape index (κ2) is 4.83. The van der Waals surface area contributed by atoms with Crippen LogP contribution in [0.15, 0.2) is 23.0 Å². The summed E-state index contributed by atoms with van der Waals surface area (Å²) >= 11 is 6.08. The molecule has 0 amide bonds. The molecule has 0 saturated carbocycles. The summed E-state index contributed by atoms with van der Waals surface area (Å²) in [7, 11) is 0. The number of halogens is 1. The van der Waals surface area contributed by atoms with Gasteiger partial charge in [-0.05, 0) is 43.1 Å². The molecule has 1 aromatic heterocycles. The van der Waals surface area contributed by atoms with Gasteiger partial charge < -0.3 is 10.4 Å². The SMILES string of the molecule is O=c1c2ccc(O)cc2nc(Cl)n1CC1CCCN1. The number of fused-ring (bicyclic) bond motifs is 1. The van der Waals surface area contributed by atoms with Crippen molar-refractivity contribution in [1.29, 1.82) is 0 Å². The fraction of sp³-hybridized carbons (Fsp3) is 0.385. The van der Waals surface area contributed by atoms with Gasteiger partial charge in [-0.1, -0.05) is 0 Å². The number of nitrogens with zero attached hydrogens (tertiary/aromatic N) is 2. The molecule has 0 bridgehead atoms. The zero-order valence-corrected chi connectivity index (χ0v) is 11.0. The van der Waals surface area contributed by atoms with Gasteiger partial charge in [-0.3, -0.25) is 9.36 Å². The van der Waals surface area contributed by atoms with Crippen LogP contribution in [0.4, 0.5) is 0 Å². The van der Waals surface area contributed by atoms with Crippen LogP contribution in [0.5, 0.6) is 5.75 Å². The fourth-order valence-electron chi connectivity index (χ4n) is 2.47. The van der Waals surface area contributed by atoms with Crippen LogP contribution in [0.25, 0.3) is 10.9 Å². The number of aromatic nitrogens is 2. The van der Waals surface area contributed by atoms with Crippen LogP contribution in [0, 0.1) is 0 Å². The Morgan fingerprint density at radius 2 is 2.37 bits per heavy atom. The molecule has 6 heteroatoms. The van der Waals surface area contributed by atoms with Gasteiger partial charge in [-0.15, -0.1) is 0 Å². The Morgan fingerprint density at radius 1 is 1.53 bits per heavy atom. The highest BCUT2D eigenvalue weighted by atomic mass is 35.5. The molecule has 3 rings (SSSR count). The molecule has 5 nitrogen and oxygen atoms in total. The van der Waals surface area contributed by atoms with Gasteiger partial charge in [0, 0.05) is 18.7 Å². The summed E-state index contributed by atoms with van der Waals surface area (Å²) in [4.78, 5) is 16.6. The van der Waals surface area contributed by atoms with Crippen LogP contribution < -0.4 is 10.9 Å². The van der Waals surface area contributed by atoms with Gasteiger partial charge >= 0.3 is 0 Å². The quantitative estimate of drug-likeness (QED) is 0.818. The average molecular weight is 280 g/mol. The first-order valence-electron chi connectivity index (χ1n) is 6.27. The molecule has 1 aliphatic heterocycles. The van der Waals surface area contributed by atoms with Gasteiger partial charge in [0.15, 0.2) is 0 Å². The number of phenols is 1. The lowest BCUT2D eigenvalue weighted by Crippen LogP contribution is -2.33. The lowest BCUT2D eigenvalue weighted by atomic mass is 10.2. The minimum absolute atomic E-state index is 0.0747. The van der Waals surface area contributed by atoms with E-state index in [-0.39, 0.29) is 22.6 Å². The molecule has 2 heterocycles. The van der Waals surface area contributed by atoms with Crippen LogP contribution in [0.2, 0.25) is 5.28 Å². The minimum atomic E-state index is -0.163. The molecule has 100 valence electrons. The van der Waals surface area contributed by atoms with Crippen molar-refractivity contribution in [2.45, 2.75) is 25.4 Å². The van der Waals surface area contributed by atoms with E-state index >= 15 is 0 Å². The number of hydrogen-bond acceptors (Lipinski definition) is 4. The van der Waals surface area contributed by atoms with Crippen LogP contribution in [-0.4, -0.2) is 27.2 Å². The van der Waals surface area contributed by atoms with E-state index in [1.165, 1.54) is 16.7 Å². The lowest BCUT2D eigenvalue weighted by Gasteiger charge is -2.14. The largest absolute Gasteiger partial charge is 0.508 e.